The summed E-state index contributed by atoms with van der Waals surface area (Å²) in [5.74, 6) is 1.40. The summed E-state index contributed by atoms with van der Waals surface area (Å²) >= 11 is 6.37. The van der Waals surface area contributed by atoms with Crippen molar-refractivity contribution in [1.82, 2.24) is 25.1 Å². The predicted octanol–water partition coefficient (Wildman–Crippen LogP) is 3.63. The summed E-state index contributed by atoms with van der Waals surface area (Å²) in [7, 11) is 5.25. The molecule has 182 valence electrons. The van der Waals surface area contributed by atoms with Crippen LogP contribution >= 0.6 is 11.6 Å². The van der Waals surface area contributed by atoms with Crippen LogP contribution in [0.2, 0.25) is 5.02 Å². The second-order valence-electron chi connectivity index (χ2n) is 8.41. The molecule has 0 unspecified atom stereocenters. The first-order chi connectivity index (χ1) is 16.9. The van der Waals surface area contributed by atoms with Gasteiger partial charge < -0.3 is 29.6 Å². The first kappa shape index (κ1) is 23.0. The van der Waals surface area contributed by atoms with E-state index in [9.17, 15) is 4.79 Å². The molecule has 1 saturated heterocycles. The smallest absolute Gasteiger partial charge is 0.255 e. The van der Waals surface area contributed by atoms with Gasteiger partial charge in [-0.3, -0.25) is 9.89 Å². The molecule has 1 aliphatic heterocycles. The number of piperazine rings is 1. The Kier molecular flexibility index (Phi) is 6.23. The Bertz CT molecular complexity index is 1330. The molecule has 11 heteroatoms. The molecular formula is C24H26ClN7O3. The van der Waals surface area contributed by atoms with Crippen molar-refractivity contribution in [2.75, 3.05) is 57.7 Å². The van der Waals surface area contributed by atoms with Gasteiger partial charge in [-0.15, -0.1) is 0 Å². The second kappa shape index (κ2) is 9.47. The Balaban J connectivity index is 1.40. The molecule has 5 rings (SSSR count). The van der Waals surface area contributed by atoms with Crippen molar-refractivity contribution in [3.05, 3.63) is 47.1 Å². The van der Waals surface area contributed by atoms with Crippen molar-refractivity contribution >= 4 is 39.9 Å². The number of rotatable bonds is 6. The lowest BCUT2D eigenvalue weighted by molar-refractivity contribution is 0.102. The van der Waals surface area contributed by atoms with Crippen molar-refractivity contribution in [3.63, 3.8) is 0 Å². The fourth-order valence-corrected chi connectivity index (χ4v) is 4.39. The van der Waals surface area contributed by atoms with Gasteiger partial charge in [0.1, 0.15) is 5.69 Å². The molecule has 0 spiro atoms. The summed E-state index contributed by atoms with van der Waals surface area (Å²) in [5, 5.41) is 10.5. The fourth-order valence-electron chi connectivity index (χ4n) is 4.16. The van der Waals surface area contributed by atoms with Crippen molar-refractivity contribution < 1.29 is 14.3 Å². The third kappa shape index (κ3) is 4.62. The number of aromatic nitrogens is 4. The minimum atomic E-state index is -0.287. The normalized spacial score (nSPS) is 14.3. The fraction of sp³-hybridized carbons (Fsp3) is 0.292. The number of imidazole rings is 1. The molecule has 10 nitrogen and oxygen atoms in total. The second-order valence-corrected chi connectivity index (χ2v) is 8.85. The Morgan fingerprint density at radius 1 is 1.06 bits per heavy atom. The van der Waals surface area contributed by atoms with Gasteiger partial charge in [0.2, 0.25) is 0 Å². The van der Waals surface area contributed by atoms with E-state index in [1.165, 1.54) is 0 Å². The zero-order valence-electron chi connectivity index (χ0n) is 19.7. The van der Waals surface area contributed by atoms with Crippen molar-refractivity contribution in [1.29, 1.82) is 0 Å². The molecule has 1 fully saturated rings. The van der Waals surface area contributed by atoms with Crippen molar-refractivity contribution in [3.8, 4) is 23.0 Å². The van der Waals surface area contributed by atoms with Crippen molar-refractivity contribution in [2.24, 2.45) is 0 Å². The molecule has 1 amide bonds. The van der Waals surface area contributed by atoms with E-state index in [0.717, 1.165) is 37.4 Å². The number of fused-ring (bicyclic) bond motifs is 1. The summed E-state index contributed by atoms with van der Waals surface area (Å²) in [6.45, 7) is 3.68. The molecule has 0 bridgehead atoms. The zero-order chi connectivity index (χ0) is 24.5. The number of carbonyl (C=O) groups is 1. The average molecular weight is 496 g/mol. The number of nitrogens with one attached hydrogen (secondary N) is 3. The van der Waals surface area contributed by atoms with Gasteiger partial charge in [0, 0.05) is 54.6 Å². The van der Waals surface area contributed by atoms with E-state index in [1.807, 2.05) is 18.2 Å². The molecule has 0 radical (unpaired) electrons. The van der Waals surface area contributed by atoms with Gasteiger partial charge in [-0.1, -0.05) is 11.6 Å². The number of H-pyrrole nitrogens is 2. The quantitative estimate of drug-likeness (QED) is 0.374. The number of methoxy groups -OCH3 is 2. The van der Waals surface area contributed by atoms with Crippen LogP contribution in [0.15, 0.2) is 36.5 Å². The SMILES string of the molecule is COc1cc2nc(-c3[nH]ncc3NC(=O)c3cc(Cl)cc(N4CCN(C)CC4)c3)[nH]c2cc1OC. The highest BCUT2D eigenvalue weighted by molar-refractivity contribution is 6.31. The summed E-state index contributed by atoms with van der Waals surface area (Å²) < 4.78 is 10.7. The van der Waals surface area contributed by atoms with Gasteiger partial charge >= 0.3 is 0 Å². The Hall–Kier alpha value is -3.76. The van der Waals surface area contributed by atoms with Crippen LogP contribution in [0, 0.1) is 0 Å². The summed E-state index contributed by atoms with van der Waals surface area (Å²) in [4.78, 5) is 25.6. The molecule has 3 N–H and O–H groups in total. The van der Waals surface area contributed by atoms with Gasteiger partial charge in [-0.2, -0.15) is 5.10 Å². The lowest BCUT2D eigenvalue weighted by Crippen LogP contribution is -2.44. The molecule has 2 aromatic heterocycles. The third-order valence-corrected chi connectivity index (χ3v) is 6.34. The number of amides is 1. The number of anilines is 2. The number of benzene rings is 2. The maximum atomic E-state index is 13.2. The predicted molar refractivity (Wildman–Crippen MR) is 136 cm³/mol. The number of hydrogen-bond donors (Lipinski definition) is 3. The lowest BCUT2D eigenvalue weighted by atomic mass is 10.1. The third-order valence-electron chi connectivity index (χ3n) is 6.12. The molecule has 1 aliphatic rings. The van der Waals surface area contributed by atoms with E-state index in [4.69, 9.17) is 21.1 Å². The number of carbonyl (C=O) groups excluding carboxylic acids is 1. The van der Waals surface area contributed by atoms with Crippen LogP contribution in [-0.4, -0.2) is 78.4 Å². The first-order valence-electron chi connectivity index (χ1n) is 11.2. The number of ether oxygens (including phenoxy) is 2. The van der Waals surface area contributed by atoms with Gasteiger partial charge in [-0.25, -0.2) is 4.98 Å². The number of nitrogens with zero attached hydrogens (tertiary/aromatic N) is 4. The summed E-state index contributed by atoms with van der Waals surface area (Å²) in [6, 6.07) is 9.02. The van der Waals surface area contributed by atoms with E-state index >= 15 is 0 Å². The highest BCUT2D eigenvalue weighted by Crippen LogP contribution is 2.33. The van der Waals surface area contributed by atoms with E-state index in [2.05, 4.69) is 42.3 Å². The average Bonchev–Trinajstić information content (AvgIpc) is 3.49. The van der Waals surface area contributed by atoms with E-state index in [0.29, 0.717) is 44.8 Å². The van der Waals surface area contributed by atoms with Gasteiger partial charge in [0.25, 0.3) is 5.91 Å². The van der Waals surface area contributed by atoms with Gasteiger partial charge in [-0.05, 0) is 25.2 Å². The molecule has 4 aromatic rings. The van der Waals surface area contributed by atoms with Crippen LogP contribution < -0.4 is 19.7 Å². The van der Waals surface area contributed by atoms with E-state index in [1.54, 1.807) is 32.5 Å². The van der Waals surface area contributed by atoms with Crippen LogP contribution in [0.1, 0.15) is 10.4 Å². The Morgan fingerprint density at radius 2 is 1.80 bits per heavy atom. The number of hydrogen-bond acceptors (Lipinski definition) is 7. The maximum Gasteiger partial charge on any atom is 0.255 e. The molecule has 0 atom stereocenters. The van der Waals surface area contributed by atoms with Crippen LogP contribution in [-0.2, 0) is 0 Å². The van der Waals surface area contributed by atoms with Crippen LogP contribution in [0.5, 0.6) is 11.5 Å². The molecule has 0 aliphatic carbocycles. The van der Waals surface area contributed by atoms with Crippen LogP contribution in [0.3, 0.4) is 0 Å². The number of likely N-dealkylation sites (N-methyl/N-ethyl adjacent to an activating group) is 1. The molecule has 35 heavy (non-hydrogen) atoms. The van der Waals surface area contributed by atoms with E-state index < -0.39 is 0 Å². The number of aromatic amines is 2. The van der Waals surface area contributed by atoms with Gasteiger partial charge in [0.15, 0.2) is 17.3 Å². The number of halogens is 1. The zero-order valence-corrected chi connectivity index (χ0v) is 20.4. The molecule has 0 saturated carbocycles. The molecular weight excluding hydrogens is 470 g/mol. The van der Waals surface area contributed by atoms with Crippen molar-refractivity contribution in [2.45, 2.75) is 0 Å². The Labute approximate surface area is 207 Å². The summed E-state index contributed by atoms with van der Waals surface area (Å²) in [5.41, 5.74) is 3.90. The summed E-state index contributed by atoms with van der Waals surface area (Å²) in [6.07, 6.45) is 1.55. The highest BCUT2D eigenvalue weighted by Gasteiger charge is 2.20. The minimum absolute atomic E-state index is 0.287. The van der Waals surface area contributed by atoms with Crippen LogP contribution in [0.4, 0.5) is 11.4 Å². The lowest BCUT2D eigenvalue weighted by Gasteiger charge is -2.34. The minimum Gasteiger partial charge on any atom is -0.493 e. The standard InChI is InChI=1S/C24H26ClN7O3/c1-31-4-6-32(7-5-31)16-9-14(8-15(25)10-16)24(33)29-19-13-26-30-22(19)23-27-17-11-20(34-2)21(35-3)12-18(17)28-23/h8-13H,4-7H2,1-3H3,(H,26,30)(H,27,28)(H,29,33). The van der Waals surface area contributed by atoms with Crippen LogP contribution in [0.25, 0.3) is 22.6 Å². The first-order valence-corrected chi connectivity index (χ1v) is 11.5. The largest absolute Gasteiger partial charge is 0.493 e. The Morgan fingerprint density at radius 3 is 2.54 bits per heavy atom. The van der Waals surface area contributed by atoms with E-state index in [-0.39, 0.29) is 5.91 Å². The monoisotopic (exact) mass is 495 g/mol. The topological polar surface area (TPSA) is 111 Å². The maximum absolute atomic E-state index is 13.2. The highest BCUT2D eigenvalue weighted by atomic mass is 35.5. The van der Waals surface area contributed by atoms with Gasteiger partial charge in [0.05, 0.1) is 37.1 Å². The molecule has 2 aromatic carbocycles. The molecule has 3 heterocycles.